The van der Waals surface area contributed by atoms with Gasteiger partial charge >= 0.3 is 6.18 Å². The number of carbonyl (C=O) groups is 1. The maximum atomic E-state index is 13.8. The molecule has 2 aromatic carbocycles. The zero-order valence-corrected chi connectivity index (χ0v) is 18.9. The van der Waals surface area contributed by atoms with Gasteiger partial charge in [-0.15, -0.1) is 0 Å². The summed E-state index contributed by atoms with van der Waals surface area (Å²) in [5.41, 5.74) is -0.502. The lowest BCUT2D eigenvalue weighted by molar-refractivity contribution is -0.142. The van der Waals surface area contributed by atoms with Crippen molar-refractivity contribution in [3.63, 3.8) is 0 Å². The summed E-state index contributed by atoms with van der Waals surface area (Å²) < 4.78 is 56.7. The van der Waals surface area contributed by atoms with Gasteiger partial charge in [-0.25, -0.2) is 13.9 Å². The van der Waals surface area contributed by atoms with Gasteiger partial charge < -0.3 is 5.32 Å². The average Bonchev–Trinajstić information content (AvgIpc) is 3.42. The van der Waals surface area contributed by atoms with Crippen molar-refractivity contribution < 1.29 is 22.4 Å². The number of hydrogen-bond donors (Lipinski definition) is 1. The van der Waals surface area contributed by atoms with E-state index in [0.717, 1.165) is 29.8 Å². The third-order valence-corrected chi connectivity index (χ3v) is 5.50. The van der Waals surface area contributed by atoms with Crippen LogP contribution in [0.1, 0.15) is 21.7 Å². The fourth-order valence-electron chi connectivity index (χ4n) is 3.56. The molecule has 0 spiro atoms. The van der Waals surface area contributed by atoms with Crippen LogP contribution in [-0.2, 0) is 12.7 Å². The second-order valence-electron chi connectivity index (χ2n) is 7.79. The summed E-state index contributed by atoms with van der Waals surface area (Å²) in [6.07, 6.45) is -3.28. The molecular formula is C24H15ClF4N6O. The highest BCUT2D eigenvalue weighted by molar-refractivity contribution is 6.33. The molecule has 0 bridgehead atoms. The molecule has 3 aromatic heterocycles. The van der Waals surface area contributed by atoms with E-state index in [1.165, 1.54) is 23.0 Å². The number of rotatable bonds is 5. The second-order valence-corrected chi connectivity index (χ2v) is 8.20. The maximum Gasteiger partial charge on any atom is 0.433 e. The van der Waals surface area contributed by atoms with E-state index in [9.17, 15) is 22.4 Å². The van der Waals surface area contributed by atoms with E-state index < -0.39 is 23.6 Å². The summed E-state index contributed by atoms with van der Waals surface area (Å²) in [6, 6.07) is 16.2. The summed E-state index contributed by atoms with van der Waals surface area (Å²) >= 11 is 6.19. The van der Waals surface area contributed by atoms with Crippen LogP contribution in [0.3, 0.4) is 0 Å². The first-order valence-corrected chi connectivity index (χ1v) is 10.9. The van der Waals surface area contributed by atoms with Crippen molar-refractivity contribution in [2.75, 3.05) is 5.32 Å². The molecule has 0 aliphatic carbocycles. The van der Waals surface area contributed by atoms with Crippen molar-refractivity contribution in [1.29, 1.82) is 0 Å². The van der Waals surface area contributed by atoms with E-state index in [4.69, 9.17) is 11.6 Å². The van der Waals surface area contributed by atoms with E-state index in [-0.39, 0.29) is 33.4 Å². The van der Waals surface area contributed by atoms with Crippen molar-refractivity contribution in [1.82, 2.24) is 24.4 Å². The van der Waals surface area contributed by atoms with Crippen molar-refractivity contribution in [3.8, 4) is 11.3 Å². The van der Waals surface area contributed by atoms with Crippen LogP contribution in [0.15, 0.2) is 72.9 Å². The monoisotopic (exact) mass is 514 g/mol. The van der Waals surface area contributed by atoms with Crippen molar-refractivity contribution in [2.45, 2.75) is 12.7 Å². The van der Waals surface area contributed by atoms with Gasteiger partial charge in [-0.1, -0.05) is 41.9 Å². The summed E-state index contributed by atoms with van der Waals surface area (Å²) in [5.74, 6) is -1.32. The third kappa shape index (κ3) is 4.78. The Labute approximate surface area is 206 Å². The SMILES string of the molecule is O=C(Nc1nn(Cc2ccccc2)cc1Cl)c1cc2nc(-c3ccc(F)cc3)cc(C(F)(F)F)n2n1. The predicted octanol–water partition coefficient (Wildman–Crippen LogP) is 5.70. The van der Waals surface area contributed by atoms with Crippen molar-refractivity contribution >= 4 is 29.0 Å². The molecule has 1 N–H and O–H groups in total. The van der Waals surface area contributed by atoms with Gasteiger partial charge in [-0.3, -0.25) is 9.48 Å². The Hall–Kier alpha value is -4.25. The van der Waals surface area contributed by atoms with Gasteiger partial charge in [0.25, 0.3) is 5.91 Å². The molecule has 182 valence electrons. The van der Waals surface area contributed by atoms with Crippen LogP contribution in [0.2, 0.25) is 5.02 Å². The summed E-state index contributed by atoms with van der Waals surface area (Å²) in [4.78, 5) is 17.0. The Bertz CT molecular complexity index is 1560. The maximum absolute atomic E-state index is 13.8. The molecule has 0 aliphatic rings. The minimum atomic E-state index is -4.80. The zero-order chi connectivity index (χ0) is 25.4. The van der Waals surface area contributed by atoms with E-state index in [2.05, 4.69) is 20.5 Å². The molecule has 0 saturated carbocycles. The van der Waals surface area contributed by atoms with Gasteiger partial charge in [-0.05, 0) is 35.9 Å². The Balaban J connectivity index is 1.46. The highest BCUT2D eigenvalue weighted by Gasteiger charge is 2.35. The van der Waals surface area contributed by atoms with Crippen LogP contribution < -0.4 is 5.32 Å². The van der Waals surface area contributed by atoms with Crippen LogP contribution in [-0.4, -0.2) is 30.3 Å². The van der Waals surface area contributed by atoms with E-state index >= 15 is 0 Å². The largest absolute Gasteiger partial charge is 0.433 e. The van der Waals surface area contributed by atoms with E-state index in [1.807, 2.05) is 30.3 Å². The molecule has 0 radical (unpaired) electrons. The Morgan fingerprint density at radius 2 is 1.72 bits per heavy atom. The summed E-state index contributed by atoms with van der Waals surface area (Å²) in [5, 5.41) is 10.7. The minimum Gasteiger partial charge on any atom is -0.302 e. The lowest BCUT2D eigenvalue weighted by Crippen LogP contribution is -2.16. The highest BCUT2D eigenvalue weighted by Crippen LogP contribution is 2.32. The van der Waals surface area contributed by atoms with E-state index in [0.29, 0.717) is 11.1 Å². The normalized spacial score (nSPS) is 11.7. The quantitative estimate of drug-likeness (QED) is 0.305. The summed E-state index contributed by atoms with van der Waals surface area (Å²) in [7, 11) is 0. The van der Waals surface area contributed by atoms with Gasteiger partial charge in [-0.2, -0.15) is 23.4 Å². The lowest BCUT2D eigenvalue weighted by Gasteiger charge is -2.11. The van der Waals surface area contributed by atoms with Crippen LogP contribution in [0.5, 0.6) is 0 Å². The van der Waals surface area contributed by atoms with Gasteiger partial charge in [0.1, 0.15) is 10.8 Å². The number of alkyl halides is 3. The first-order chi connectivity index (χ1) is 17.2. The first-order valence-electron chi connectivity index (χ1n) is 10.5. The molecule has 3 heterocycles. The topological polar surface area (TPSA) is 77.1 Å². The third-order valence-electron chi connectivity index (χ3n) is 5.23. The fraction of sp³-hybridized carbons (Fsp3) is 0.0833. The molecule has 0 unspecified atom stereocenters. The number of carbonyl (C=O) groups excluding carboxylic acids is 1. The Morgan fingerprint density at radius 3 is 2.42 bits per heavy atom. The number of benzene rings is 2. The molecule has 7 nitrogen and oxygen atoms in total. The molecule has 0 fully saturated rings. The van der Waals surface area contributed by atoms with E-state index in [1.54, 1.807) is 0 Å². The second kappa shape index (κ2) is 9.08. The van der Waals surface area contributed by atoms with Crippen LogP contribution in [0.4, 0.5) is 23.4 Å². The van der Waals surface area contributed by atoms with Gasteiger partial charge in [0.15, 0.2) is 22.9 Å². The first kappa shape index (κ1) is 23.5. The number of hydrogen-bond acceptors (Lipinski definition) is 4. The summed E-state index contributed by atoms with van der Waals surface area (Å²) in [6.45, 7) is 0.399. The molecule has 0 aliphatic heterocycles. The van der Waals surface area contributed by atoms with Crippen LogP contribution >= 0.6 is 11.6 Å². The fourth-order valence-corrected chi connectivity index (χ4v) is 3.76. The number of fused-ring (bicyclic) bond motifs is 1. The van der Waals surface area contributed by atoms with Crippen LogP contribution in [0.25, 0.3) is 16.9 Å². The lowest BCUT2D eigenvalue weighted by atomic mass is 10.1. The molecular weight excluding hydrogens is 500 g/mol. The molecule has 12 heteroatoms. The Kier molecular flexibility index (Phi) is 5.92. The number of halogens is 5. The van der Waals surface area contributed by atoms with Gasteiger partial charge in [0.05, 0.1) is 12.2 Å². The Morgan fingerprint density at radius 1 is 1.00 bits per heavy atom. The predicted molar refractivity (Wildman–Crippen MR) is 124 cm³/mol. The number of nitrogens with one attached hydrogen (secondary N) is 1. The van der Waals surface area contributed by atoms with Crippen molar-refractivity contribution in [2.24, 2.45) is 0 Å². The molecule has 5 aromatic rings. The van der Waals surface area contributed by atoms with Gasteiger partial charge in [0.2, 0.25) is 0 Å². The highest BCUT2D eigenvalue weighted by atomic mass is 35.5. The smallest absolute Gasteiger partial charge is 0.302 e. The number of nitrogens with zero attached hydrogens (tertiary/aromatic N) is 5. The van der Waals surface area contributed by atoms with Gasteiger partial charge in [0, 0.05) is 17.8 Å². The molecule has 0 atom stereocenters. The standard InChI is InChI=1S/C24H15ClF4N6O/c25-17-13-34(12-14-4-2-1-3-5-14)33-22(17)31-23(36)19-11-21-30-18(15-6-8-16(26)9-7-15)10-20(24(27,28)29)35(21)32-19/h1-11,13H,12H2,(H,31,33,36). The number of aromatic nitrogens is 5. The molecule has 5 rings (SSSR count). The molecule has 1 amide bonds. The average molecular weight is 515 g/mol. The van der Waals surface area contributed by atoms with Crippen LogP contribution in [0, 0.1) is 5.82 Å². The molecule has 36 heavy (non-hydrogen) atoms. The molecule has 0 saturated heterocycles. The zero-order valence-electron chi connectivity index (χ0n) is 18.2. The minimum absolute atomic E-state index is 0.0330. The number of amides is 1. The van der Waals surface area contributed by atoms with Crippen molar-refractivity contribution in [3.05, 3.63) is 101 Å². The number of anilines is 1.